The molecule has 0 N–H and O–H groups in total. The first-order valence-electron chi connectivity index (χ1n) is 7.98. The van der Waals surface area contributed by atoms with E-state index < -0.39 is 22.6 Å². The molecule has 6 nitrogen and oxygen atoms in total. The van der Waals surface area contributed by atoms with Crippen LogP contribution in [0.1, 0.15) is 11.1 Å². The van der Waals surface area contributed by atoms with Gasteiger partial charge in [0.15, 0.2) is 0 Å². The molecule has 132 valence electrons. The summed E-state index contributed by atoms with van der Waals surface area (Å²) in [7, 11) is 1.32. The molecule has 0 aromatic heterocycles. The predicted molar refractivity (Wildman–Crippen MR) is 97.2 cm³/mol. The van der Waals surface area contributed by atoms with Gasteiger partial charge in [-0.2, -0.15) is 0 Å². The van der Waals surface area contributed by atoms with E-state index in [1.807, 2.05) is 36.4 Å². The minimum atomic E-state index is -1.14. The first-order valence-corrected chi connectivity index (χ1v) is 7.98. The topological polar surface area (TPSA) is 82.0 Å². The molecule has 0 radical (unpaired) electrons. The number of methoxy groups -OCH3 is 1. The van der Waals surface area contributed by atoms with Gasteiger partial charge in [0, 0.05) is 12.1 Å². The maximum Gasteiger partial charge on any atom is 0.345 e. The summed E-state index contributed by atoms with van der Waals surface area (Å²) < 4.78 is 10.5. The molecule has 2 atom stereocenters. The van der Waals surface area contributed by atoms with Crippen molar-refractivity contribution in [2.45, 2.75) is 11.7 Å². The van der Waals surface area contributed by atoms with Crippen LogP contribution >= 0.6 is 0 Å². The Morgan fingerprint density at radius 2 is 1.77 bits per heavy atom. The minimum absolute atomic E-state index is 0.0273. The molecule has 0 spiro atoms. The lowest BCUT2D eigenvalue weighted by Gasteiger charge is -2.04. The van der Waals surface area contributed by atoms with Crippen LogP contribution < -0.4 is 0 Å². The number of esters is 1. The van der Waals surface area contributed by atoms with Crippen LogP contribution in [-0.2, 0) is 14.3 Å². The van der Waals surface area contributed by atoms with Crippen LogP contribution in [0.5, 0.6) is 0 Å². The van der Waals surface area contributed by atoms with E-state index in [0.717, 1.165) is 11.1 Å². The van der Waals surface area contributed by atoms with E-state index in [9.17, 15) is 14.9 Å². The first-order chi connectivity index (χ1) is 12.5. The molecule has 0 aliphatic carbocycles. The molecule has 2 aromatic carbocycles. The third kappa shape index (κ3) is 3.70. The summed E-state index contributed by atoms with van der Waals surface area (Å²) in [6.07, 6.45) is 6.56. The van der Waals surface area contributed by atoms with Crippen molar-refractivity contribution in [1.82, 2.24) is 0 Å². The largest absolute Gasteiger partial charge is 0.467 e. The molecule has 2 aromatic rings. The quantitative estimate of drug-likeness (QED) is 0.343. The highest BCUT2D eigenvalue weighted by atomic mass is 16.7. The Hall–Kier alpha value is -3.25. The van der Waals surface area contributed by atoms with E-state index in [4.69, 9.17) is 9.47 Å². The highest BCUT2D eigenvalue weighted by Crippen LogP contribution is 2.41. The smallest absolute Gasteiger partial charge is 0.345 e. The second-order valence-electron chi connectivity index (χ2n) is 5.77. The number of nitro benzene ring substituents is 1. The molecule has 0 saturated carbocycles. The third-order valence-corrected chi connectivity index (χ3v) is 4.08. The maximum atomic E-state index is 12.2. The number of non-ortho nitro benzene ring substituents is 1. The number of nitrogens with zero attached hydrogens (tertiary/aromatic N) is 1. The lowest BCUT2D eigenvalue weighted by atomic mass is 10.0. The molecular formula is C20H17NO5. The SMILES string of the molecule is COC(=O)C1(/C=C/c2ccccc2)OC1/C=C/c1ccc([N+](=O)[O-])cc1. The standard InChI is InChI=1S/C20H17NO5/c1-25-19(22)20(14-13-15-5-3-2-4-6-15)18(26-20)12-9-16-7-10-17(11-8-16)21(23)24/h2-14,18H,1H3/b12-9+,14-13+. The summed E-state index contributed by atoms with van der Waals surface area (Å²) in [6, 6.07) is 15.7. The number of carbonyl (C=O) groups is 1. The highest BCUT2D eigenvalue weighted by molar-refractivity contribution is 5.88. The zero-order valence-electron chi connectivity index (χ0n) is 14.1. The monoisotopic (exact) mass is 351 g/mol. The van der Waals surface area contributed by atoms with E-state index >= 15 is 0 Å². The Kier molecular flexibility index (Phi) is 4.95. The van der Waals surface area contributed by atoms with Gasteiger partial charge in [-0.05, 0) is 29.3 Å². The fraction of sp³-hybridized carbons (Fsp3) is 0.150. The minimum Gasteiger partial charge on any atom is -0.467 e. The first kappa shape index (κ1) is 17.6. The summed E-state index contributed by atoms with van der Waals surface area (Å²) in [6.45, 7) is 0. The van der Waals surface area contributed by atoms with Crippen LogP contribution in [0.2, 0.25) is 0 Å². The highest BCUT2D eigenvalue weighted by Gasteiger charge is 2.60. The van der Waals surface area contributed by atoms with Gasteiger partial charge < -0.3 is 9.47 Å². The van der Waals surface area contributed by atoms with Crippen molar-refractivity contribution in [3.05, 3.63) is 88.0 Å². The van der Waals surface area contributed by atoms with Crippen LogP contribution in [0.4, 0.5) is 5.69 Å². The Balaban J connectivity index is 1.74. The number of rotatable bonds is 6. The van der Waals surface area contributed by atoms with Crippen LogP contribution in [0.3, 0.4) is 0 Å². The molecule has 3 rings (SSSR count). The number of ether oxygens (including phenoxy) is 2. The number of hydrogen-bond acceptors (Lipinski definition) is 5. The van der Waals surface area contributed by atoms with Crippen molar-refractivity contribution >= 4 is 23.8 Å². The van der Waals surface area contributed by atoms with E-state index in [2.05, 4.69) is 0 Å². The fourth-order valence-electron chi connectivity index (χ4n) is 2.57. The second-order valence-corrected chi connectivity index (χ2v) is 5.77. The molecule has 6 heteroatoms. The normalized spacial score (nSPS) is 21.8. The Bertz CT molecular complexity index is 858. The molecule has 26 heavy (non-hydrogen) atoms. The second kappa shape index (κ2) is 7.33. The van der Waals surface area contributed by atoms with E-state index in [0.29, 0.717) is 0 Å². The van der Waals surface area contributed by atoms with Crippen molar-refractivity contribution < 1.29 is 19.2 Å². The van der Waals surface area contributed by atoms with Crippen molar-refractivity contribution in [3.8, 4) is 0 Å². The number of carbonyl (C=O) groups excluding carboxylic acids is 1. The number of epoxide rings is 1. The van der Waals surface area contributed by atoms with Crippen molar-refractivity contribution in [1.29, 1.82) is 0 Å². The summed E-state index contributed by atoms with van der Waals surface area (Å²) >= 11 is 0. The number of nitro groups is 1. The Morgan fingerprint density at radius 3 is 2.38 bits per heavy atom. The zero-order valence-corrected chi connectivity index (χ0v) is 14.1. The van der Waals surface area contributed by atoms with Crippen molar-refractivity contribution in [3.63, 3.8) is 0 Å². The fourth-order valence-corrected chi connectivity index (χ4v) is 2.57. The Labute approximate surface area is 150 Å². The molecule has 1 aliphatic heterocycles. The predicted octanol–water partition coefficient (Wildman–Crippen LogP) is 3.63. The molecule has 0 bridgehead atoms. The van der Waals surface area contributed by atoms with E-state index in [-0.39, 0.29) is 5.69 Å². The maximum absolute atomic E-state index is 12.2. The van der Waals surface area contributed by atoms with Gasteiger partial charge in [-0.3, -0.25) is 10.1 Å². The average molecular weight is 351 g/mol. The van der Waals surface area contributed by atoms with Crippen molar-refractivity contribution in [2.75, 3.05) is 7.11 Å². The van der Waals surface area contributed by atoms with Gasteiger partial charge in [0.2, 0.25) is 5.60 Å². The number of benzene rings is 2. The van der Waals surface area contributed by atoms with Crippen LogP contribution in [0.25, 0.3) is 12.2 Å². The van der Waals surface area contributed by atoms with Crippen molar-refractivity contribution in [2.24, 2.45) is 0 Å². The van der Waals surface area contributed by atoms with E-state index in [1.54, 1.807) is 30.4 Å². The van der Waals surface area contributed by atoms with E-state index in [1.165, 1.54) is 19.2 Å². The molecule has 2 unspecified atom stereocenters. The molecule has 0 amide bonds. The lowest BCUT2D eigenvalue weighted by Crippen LogP contribution is -2.25. The lowest BCUT2D eigenvalue weighted by molar-refractivity contribution is -0.384. The summed E-state index contributed by atoms with van der Waals surface area (Å²) in [5.74, 6) is -0.469. The van der Waals surface area contributed by atoms with Gasteiger partial charge >= 0.3 is 5.97 Å². The summed E-state index contributed by atoms with van der Waals surface area (Å²) in [5.41, 5.74) is 0.614. The van der Waals surface area contributed by atoms with Gasteiger partial charge in [-0.15, -0.1) is 0 Å². The van der Waals surface area contributed by atoms with Crippen LogP contribution in [0, 0.1) is 10.1 Å². The van der Waals surface area contributed by atoms with Gasteiger partial charge in [0.25, 0.3) is 5.69 Å². The number of hydrogen-bond donors (Lipinski definition) is 0. The third-order valence-electron chi connectivity index (χ3n) is 4.08. The van der Waals surface area contributed by atoms with Crippen LogP contribution in [-0.4, -0.2) is 29.7 Å². The van der Waals surface area contributed by atoms with Gasteiger partial charge in [-0.25, -0.2) is 4.79 Å². The molecule has 1 fully saturated rings. The zero-order chi connectivity index (χ0) is 18.6. The van der Waals surface area contributed by atoms with Gasteiger partial charge in [0.1, 0.15) is 6.10 Å². The summed E-state index contributed by atoms with van der Waals surface area (Å²) in [4.78, 5) is 22.4. The average Bonchev–Trinajstić information content (AvgIpc) is 3.39. The summed E-state index contributed by atoms with van der Waals surface area (Å²) in [5, 5.41) is 10.7. The van der Waals surface area contributed by atoms with Crippen LogP contribution in [0.15, 0.2) is 66.7 Å². The molecule has 1 saturated heterocycles. The van der Waals surface area contributed by atoms with Gasteiger partial charge in [-0.1, -0.05) is 48.6 Å². The van der Waals surface area contributed by atoms with Gasteiger partial charge in [0.05, 0.1) is 12.0 Å². The molecular weight excluding hydrogens is 334 g/mol. The molecule has 1 heterocycles. The Morgan fingerprint density at radius 1 is 1.12 bits per heavy atom. The molecule has 1 aliphatic rings.